The molecule has 3 rings (SSSR count). The van der Waals surface area contributed by atoms with Gasteiger partial charge in [-0.25, -0.2) is 0 Å². The van der Waals surface area contributed by atoms with E-state index in [1.807, 2.05) is 19.2 Å². The van der Waals surface area contributed by atoms with Gasteiger partial charge in [0.1, 0.15) is 0 Å². The maximum atomic E-state index is 10.5. The van der Waals surface area contributed by atoms with Gasteiger partial charge in [-0.15, -0.1) is 0 Å². The van der Waals surface area contributed by atoms with Gasteiger partial charge in [0.15, 0.2) is 0 Å². The van der Waals surface area contributed by atoms with E-state index in [0.717, 1.165) is 30.5 Å². The van der Waals surface area contributed by atoms with Crippen molar-refractivity contribution in [2.75, 3.05) is 12.4 Å². The number of likely N-dealkylation sites (N-methyl/N-ethyl adjacent to an activating group) is 1. The lowest BCUT2D eigenvalue weighted by molar-refractivity contribution is -0.143. The van der Waals surface area contributed by atoms with Crippen molar-refractivity contribution in [3.8, 4) is 0 Å². The van der Waals surface area contributed by atoms with E-state index in [9.17, 15) is 14.4 Å². The quantitative estimate of drug-likeness (QED) is 0.469. The summed E-state index contributed by atoms with van der Waals surface area (Å²) >= 11 is 0. The van der Waals surface area contributed by atoms with Gasteiger partial charge in [0, 0.05) is 28.3 Å². The number of aryl methyl sites for hydroxylation is 1. The molecule has 0 saturated heterocycles. The molecule has 0 saturated carbocycles. The molecule has 0 radical (unpaired) electrons. The van der Waals surface area contributed by atoms with E-state index in [4.69, 9.17) is 10.2 Å². The molecule has 1 unspecified atom stereocenters. The first-order chi connectivity index (χ1) is 12.4. The summed E-state index contributed by atoms with van der Waals surface area (Å²) in [6.07, 6.45) is 3.44. The van der Waals surface area contributed by atoms with Crippen molar-refractivity contribution >= 4 is 34.9 Å². The number of hydrogen-bond donors (Lipinski definition) is 5. The lowest BCUT2D eigenvalue weighted by Crippen LogP contribution is -2.31. The number of fused-ring (bicyclic) bond motifs is 3. The number of H-pyrrole nitrogens is 1. The first-order valence-corrected chi connectivity index (χ1v) is 8.39. The monoisotopic (exact) mass is 379 g/mol. The van der Waals surface area contributed by atoms with Crippen LogP contribution in [0.2, 0.25) is 0 Å². The summed E-state index contributed by atoms with van der Waals surface area (Å²) in [5.74, 6) is -2.15. The Bertz CT molecular complexity index is 788. The SMILES string of the molecule is CNC1CCc2[nH]c3ccc(NC=O)cc3c2C1.O.O=C(O)CCC(=O)O. The maximum Gasteiger partial charge on any atom is 0.303 e. The Morgan fingerprint density at radius 2 is 1.93 bits per heavy atom. The number of amides is 1. The van der Waals surface area contributed by atoms with Gasteiger partial charge in [-0.1, -0.05) is 0 Å². The first-order valence-electron chi connectivity index (χ1n) is 8.39. The number of hydrogen-bond acceptors (Lipinski definition) is 4. The van der Waals surface area contributed by atoms with Gasteiger partial charge in [0.2, 0.25) is 6.41 Å². The fraction of sp³-hybridized carbons (Fsp3) is 0.389. The Kier molecular flexibility index (Phi) is 8.43. The van der Waals surface area contributed by atoms with E-state index in [0.29, 0.717) is 6.04 Å². The van der Waals surface area contributed by atoms with Crippen LogP contribution in [0.5, 0.6) is 0 Å². The fourth-order valence-electron chi connectivity index (χ4n) is 3.04. The second-order valence-corrected chi connectivity index (χ2v) is 6.12. The normalized spacial score (nSPS) is 14.9. The molecular formula is C18H25N3O6. The van der Waals surface area contributed by atoms with Crippen LogP contribution in [0.15, 0.2) is 18.2 Å². The third kappa shape index (κ3) is 6.08. The van der Waals surface area contributed by atoms with Crippen molar-refractivity contribution < 1.29 is 30.1 Å². The van der Waals surface area contributed by atoms with Crippen LogP contribution in [0.25, 0.3) is 10.9 Å². The summed E-state index contributed by atoms with van der Waals surface area (Å²) in [5.41, 5.74) is 4.75. The molecule has 1 aromatic carbocycles. The minimum Gasteiger partial charge on any atom is -0.481 e. The average molecular weight is 379 g/mol. The molecule has 2 aromatic rings. The van der Waals surface area contributed by atoms with Crippen LogP contribution in [0.3, 0.4) is 0 Å². The highest BCUT2D eigenvalue weighted by Crippen LogP contribution is 2.30. The lowest BCUT2D eigenvalue weighted by atomic mass is 9.91. The molecule has 27 heavy (non-hydrogen) atoms. The number of benzene rings is 1. The van der Waals surface area contributed by atoms with E-state index >= 15 is 0 Å². The summed E-state index contributed by atoms with van der Waals surface area (Å²) in [6.45, 7) is 0. The molecule has 9 nitrogen and oxygen atoms in total. The van der Waals surface area contributed by atoms with E-state index in [1.165, 1.54) is 23.1 Å². The predicted octanol–water partition coefficient (Wildman–Crippen LogP) is 0.924. The predicted molar refractivity (Wildman–Crippen MR) is 101 cm³/mol. The molecule has 1 aliphatic carbocycles. The van der Waals surface area contributed by atoms with Crippen LogP contribution < -0.4 is 10.6 Å². The molecule has 0 aliphatic heterocycles. The number of nitrogens with one attached hydrogen (secondary N) is 3. The minimum atomic E-state index is -1.08. The second-order valence-electron chi connectivity index (χ2n) is 6.12. The number of carbonyl (C=O) groups excluding carboxylic acids is 1. The van der Waals surface area contributed by atoms with Crippen molar-refractivity contribution in [2.45, 2.75) is 38.1 Å². The molecule has 1 amide bonds. The zero-order valence-electron chi connectivity index (χ0n) is 15.0. The van der Waals surface area contributed by atoms with Gasteiger partial charge in [-0.05, 0) is 50.1 Å². The largest absolute Gasteiger partial charge is 0.481 e. The summed E-state index contributed by atoms with van der Waals surface area (Å²) in [5, 5.41) is 23.1. The number of carbonyl (C=O) groups is 3. The Hall–Kier alpha value is -2.91. The van der Waals surface area contributed by atoms with Gasteiger partial charge in [0.05, 0.1) is 12.8 Å². The van der Waals surface area contributed by atoms with Crippen LogP contribution in [-0.2, 0) is 27.2 Å². The summed E-state index contributed by atoms with van der Waals surface area (Å²) < 4.78 is 0. The van der Waals surface area contributed by atoms with E-state index in [-0.39, 0.29) is 18.3 Å². The molecule has 1 aliphatic rings. The number of anilines is 1. The number of aromatic amines is 1. The third-order valence-corrected chi connectivity index (χ3v) is 4.37. The van der Waals surface area contributed by atoms with E-state index in [1.54, 1.807) is 0 Å². The maximum absolute atomic E-state index is 10.5. The number of aromatic nitrogens is 1. The number of rotatable bonds is 6. The molecular weight excluding hydrogens is 354 g/mol. The van der Waals surface area contributed by atoms with Crippen molar-refractivity contribution in [1.82, 2.24) is 10.3 Å². The molecule has 0 spiro atoms. The number of aliphatic carboxylic acids is 2. The third-order valence-electron chi connectivity index (χ3n) is 4.37. The molecule has 1 heterocycles. The minimum absolute atomic E-state index is 0. The zero-order valence-corrected chi connectivity index (χ0v) is 15.0. The highest BCUT2D eigenvalue weighted by molar-refractivity contribution is 5.89. The van der Waals surface area contributed by atoms with Crippen LogP contribution in [0, 0.1) is 0 Å². The Morgan fingerprint density at radius 1 is 1.26 bits per heavy atom. The van der Waals surface area contributed by atoms with Crippen molar-refractivity contribution in [3.63, 3.8) is 0 Å². The van der Waals surface area contributed by atoms with Gasteiger partial charge in [0.25, 0.3) is 0 Å². The molecule has 0 fully saturated rings. The zero-order chi connectivity index (χ0) is 19.1. The van der Waals surface area contributed by atoms with Crippen molar-refractivity contribution in [3.05, 3.63) is 29.5 Å². The lowest BCUT2D eigenvalue weighted by Gasteiger charge is -2.21. The highest BCUT2D eigenvalue weighted by atomic mass is 16.4. The molecule has 9 heteroatoms. The smallest absolute Gasteiger partial charge is 0.303 e. The highest BCUT2D eigenvalue weighted by Gasteiger charge is 2.21. The van der Waals surface area contributed by atoms with E-state index < -0.39 is 11.9 Å². The second kappa shape index (κ2) is 10.3. The van der Waals surface area contributed by atoms with Crippen LogP contribution in [-0.4, -0.2) is 52.1 Å². The summed E-state index contributed by atoms with van der Waals surface area (Å²) in [6, 6.07) is 6.57. The van der Waals surface area contributed by atoms with Gasteiger partial charge < -0.3 is 31.3 Å². The standard InChI is InChI=1S/C14H17N3O.C4H6O4.H2O/c1-15-9-2-4-13-11(6-9)12-7-10(16-8-18)3-5-14(12)17-13;5-3(6)1-2-4(7)8;/h3,5,7-9,15,17H,2,4,6H2,1H3,(H,16,18);1-2H2,(H,5,6)(H,7,8);1H2. The topological polar surface area (TPSA) is 163 Å². The average Bonchev–Trinajstić information content (AvgIpc) is 2.98. The van der Waals surface area contributed by atoms with Gasteiger partial charge >= 0.3 is 11.9 Å². The Balaban J connectivity index is 0.000000350. The molecule has 1 atom stereocenters. The van der Waals surface area contributed by atoms with Crippen molar-refractivity contribution in [1.29, 1.82) is 0 Å². The van der Waals surface area contributed by atoms with Crippen LogP contribution in [0.1, 0.15) is 30.5 Å². The van der Waals surface area contributed by atoms with Gasteiger partial charge in [-0.3, -0.25) is 14.4 Å². The summed E-state index contributed by atoms with van der Waals surface area (Å²) in [4.78, 5) is 33.3. The molecule has 0 bridgehead atoms. The Morgan fingerprint density at radius 3 is 2.48 bits per heavy atom. The van der Waals surface area contributed by atoms with Crippen LogP contribution in [0.4, 0.5) is 5.69 Å². The first kappa shape index (κ1) is 22.1. The molecule has 7 N–H and O–H groups in total. The molecule has 1 aromatic heterocycles. The van der Waals surface area contributed by atoms with Crippen LogP contribution >= 0.6 is 0 Å². The van der Waals surface area contributed by atoms with E-state index in [2.05, 4.69) is 21.7 Å². The van der Waals surface area contributed by atoms with Gasteiger partial charge in [-0.2, -0.15) is 0 Å². The fourth-order valence-corrected chi connectivity index (χ4v) is 3.04. The van der Waals surface area contributed by atoms with Crippen molar-refractivity contribution in [2.24, 2.45) is 0 Å². The number of carboxylic acids is 2. The molecule has 148 valence electrons. The number of carboxylic acid groups (broad SMARTS) is 2. The Labute approximate surface area is 156 Å². The summed E-state index contributed by atoms with van der Waals surface area (Å²) in [7, 11) is 2.02.